The first-order chi connectivity index (χ1) is 6.67. The summed E-state index contributed by atoms with van der Waals surface area (Å²) in [6.07, 6.45) is -0.0177. The van der Waals surface area contributed by atoms with E-state index >= 15 is 0 Å². The van der Waals surface area contributed by atoms with E-state index in [1.807, 2.05) is 0 Å². The number of pyridine rings is 1. The lowest BCUT2D eigenvalue weighted by Crippen LogP contribution is -2.12. The van der Waals surface area contributed by atoms with Gasteiger partial charge in [-0.15, -0.1) is 0 Å². The first kappa shape index (κ1) is 9.99. The Labute approximate surface area is 79.9 Å². The Hall–Kier alpha value is -2.09. The van der Waals surface area contributed by atoms with Crippen LogP contribution in [0.2, 0.25) is 0 Å². The molecule has 0 aromatic carbocycles. The average Bonchev–Trinajstić information content (AvgIpc) is 2.20. The van der Waals surface area contributed by atoms with Crippen LogP contribution in [-0.4, -0.2) is 18.1 Å². The normalized spacial score (nSPS) is 9.14. The van der Waals surface area contributed by atoms with Gasteiger partial charge >= 0.3 is 5.97 Å². The molecule has 0 saturated carbocycles. The molecule has 72 valence electrons. The monoisotopic (exact) mass is 192 g/mol. The molecule has 1 aromatic heterocycles. The summed E-state index contributed by atoms with van der Waals surface area (Å²) < 4.78 is 4.44. The van der Waals surface area contributed by atoms with Gasteiger partial charge in [0.1, 0.15) is 11.8 Å². The molecule has 14 heavy (non-hydrogen) atoms. The number of ether oxygens (including phenoxy) is 1. The van der Waals surface area contributed by atoms with E-state index in [1.165, 1.54) is 19.2 Å². The van der Waals surface area contributed by atoms with Gasteiger partial charge in [0.25, 0.3) is 0 Å². The number of aromatic amines is 1. The zero-order valence-electron chi connectivity index (χ0n) is 7.53. The number of hydrogen-bond acceptors (Lipinski definition) is 4. The lowest BCUT2D eigenvalue weighted by atomic mass is 10.1. The van der Waals surface area contributed by atoms with Crippen LogP contribution in [0.25, 0.3) is 0 Å². The molecule has 1 N–H and O–H groups in total. The van der Waals surface area contributed by atoms with Crippen LogP contribution in [-0.2, 0) is 16.0 Å². The van der Waals surface area contributed by atoms with Gasteiger partial charge in [-0.3, -0.25) is 9.59 Å². The van der Waals surface area contributed by atoms with Crippen LogP contribution >= 0.6 is 0 Å². The van der Waals surface area contributed by atoms with Crippen molar-refractivity contribution in [3.05, 3.63) is 33.7 Å². The van der Waals surface area contributed by atoms with Gasteiger partial charge in [-0.25, -0.2) is 0 Å². The number of methoxy groups -OCH3 is 1. The molecular formula is C9H8N2O3. The van der Waals surface area contributed by atoms with Crippen LogP contribution in [0.5, 0.6) is 0 Å². The first-order valence-electron chi connectivity index (χ1n) is 3.86. The molecule has 0 amide bonds. The van der Waals surface area contributed by atoms with Crippen LogP contribution < -0.4 is 5.56 Å². The fourth-order valence-corrected chi connectivity index (χ4v) is 0.979. The summed E-state index contributed by atoms with van der Waals surface area (Å²) in [5.74, 6) is -0.450. The lowest BCUT2D eigenvalue weighted by Gasteiger charge is -2.00. The largest absolute Gasteiger partial charge is 0.469 e. The molecule has 5 nitrogen and oxygen atoms in total. The maximum atomic E-state index is 10.9. The molecular weight excluding hydrogens is 184 g/mol. The maximum Gasteiger partial charge on any atom is 0.310 e. The van der Waals surface area contributed by atoms with Crippen molar-refractivity contribution in [2.45, 2.75) is 6.42 Å². The van der Waals surface area contributed by atoms with E-state index < -0.39 is 5.97 Å². The zero-order valence-corrected chi connectivity index (χ0v) is 7.53. The molecule has 1 rings (SSSR count). The van der Waals surface area contributed by atoms with Crippen molar-refractivity contribution in [1.82, 2.24) is 4.98 Å². The van der Waals surface area contributed by atoms with Crippen LogP contribution in [0, 0.1) is 11.3 Å². The Morgan fingerprint density at radius 3 is 2.93 bits per heavy atom. The molecule has 0 bridgehead atoms. The number of carbonyl (C=O) groups excluding carboxylic acids is 1. The van der Waals surface area contributed by atoms with E-state index in [2.05, 4.69) is 9.72 Å². The van der Waals surface area contributed by atoms with E-state index in [4.69, 9.17) is 5.26 Å². The first-order valence-corrected chi connectivity index (χ1v) is 3.86. The highest BCUT2D eigenvalue weighted by molar-refractivity contribution is 5.73. The molecule has 0 aliphatic heterocycles. The SMILES string of the molecule is COC(=O)Cc1ccc(=O)[nH]c1C#N. The number of carbonyl (C=O) groups is 1. The number of esters is 1. The highest BCUT2D eigenvalue weighted by atomic mass is 16.5. The fraction of sp³-hybridized carbons (Fsp3) is 0.222. The minimum absolute atomic E-state index is 0.0177. The molecule has 5 heteroatoms. The van der Waals surface area contributed by atoms with E-state index in [0.717, 1.165) is 0 Å². The highest BCUT2D eigenvalue weighted by Crippen LogP contribution is 2.03. The summed E-state index contributed by atoms with van der Waals surface area (Å²) >= 11 is 0. The number of hydrogen-bond donors (Lipinski definition) is 1. The van der Waals surface area contributed by atoms with Gasteiger partial charge in [0.2, 0.25) is 5.56 Å². The fourth-order valence-electron chi connectivity index (χ4n) is 0.979. The second kappa shape index (κ2) is 4.23. The number of rotatable bonds is 2. The minimum Gasteiger partial charge on any atom is -0.469 e. The Balaban J connectivity index is 3.04. The third kappa shape index (κ3) is 2.20. The van der Waals surface area contributed by atoms with Crippen LogP contribution in [0.15, 0.2) is 16.9 Å². The van der Waals surface area contributed by atoms with Gasteiger partial charge in [-0.1, -0.05) is 6.07 Å². The number of nitriles is 1. The summed E-state index contributed by atoms with van der Waals surface area (Å²) in [5.41, 5.74) is 0.192. The molecule has 0 aliphatic carbocycles. The van der Waals surface area contributed by atoms with Crippen molar-refractivity contribution in [2.75, 3.05) is 7.11 Å². The summed E-state index contributed by atoms with van der Waals surface area (Å²) in [5, 5.41) is 8.66. The third-order valence-electron chi connectivity index (χ3n) is 1.68. The molecule has 0 unspecified atom stereocenters. The van der Waals surface area contributed by atoms with Crippen molar-refractivity contribution in [3.63, 3.8) is 0 Å². The summed E-state index contributed by atoms with van der Waals surface area (Å²) in [6.45, 7) is 0. The van der Waals surface area contributed by atoms with E-state index in [1.54, 1.807) is 6.07 Å². The Morgan fingerprint density at radius 1 is 1.64 bits per heavy atom. The molecule has 0 radical (unpaired) electrons. The van der Waals surface area contributed by atoms with Crippen molar-refractivity contribution in [3.8, 4) is 6.07 Å². The highest BCUT2D eigenvalue weighted by Gasteiger charge is 2.08. The van der Waals surface area contributed by atoms with Crippen LogP contribution in [0.4, 0.5) is 0 Å². The predicted molar refractivity (Wildman–Crippen MR) is 47.5 cm³/mol. The van der Waals surface area contributed by atoms with Gasteiger partial charge in [0.15, 0.2) is 0 Å². The van der Waals surface area contributed by atoms with Crippen molar-refractivity contribution >= 4 is 5.97 Å². The van der Waals surface area contributed by atoms with Crippen molar-refractivity contribution in [2.24, 2.45) is 0 Å². The number of H-pyrrole nitrogens is 1. The Kier molecular flexibility index (Phi) is 3.02. The standard InChI is InChI=1S/C9H8N2O3/c1-14-9(13)4-6-2-3-8(12)11-7(6)5-10/h2-3H,4H2,1H3,(H,11,12). The maximum absolute atomic E-state index is 10.9. The van der Waals surface area contributed by atoms with Crippen molar-refractivity contribution in [1.29, 1.82) is 5.26 Å². The van der Waals surface area contributed by atoms with Gasteiger partial charge in [0, 0.05) is 6.07 Å². The summed E-state index contributed by atoms with van der Waals surface area (Å²) in [6, 6.07) is 4.50. The second-order valence-electron chi connectivity index (χ2n) is 2.59. The number of aromatic nitrogens is 1. The quantitative estimate of drug-likeness (QED) is 0.666. The minimum atomic E-state index is -0.450. The number of nitrogens with one attached hydrogen (secondary N) is 1. The van der Waals surface area contributed by atoms with Crippen LogP contribution in [0.1, 0.15) is 11.3 Å². The van der Waals surface area contributed by atoms with Crippen LogP contribution in [0.3, 0.4) is 0 Å². The summed E-state index contributed by atoms with van der Waals surface area (Å²) in [4.78, 5) is 24.1. The Bertz CT molecular complexity index is 442. The van der Waals surface area contributed by atoms with Crippen molar-refractivity contribution < 1.29 is 9.53 Å². The zero-order chi connectivity index (χ0) is 10.6. The summed E-state index contributed by atoms with van der Waals surface area (Å²) in [7, 11) is 1.26. The topological polar surface area (TPSA) is 83.0 Å². The lowest BCUT2D eigenvalue weighted by molar-refractivity contribution is -0.139. The molecule has 1 aromatic rings. The Morgan fingerprint density at radius 2 is 2.36 bits per heavy atom. The molecule has 0 atom stereocenters. The molecule has 0 spiro atoms. The van der Waals surface area contributed by atoms with Gasteiger partial charge in [-0.2, -0.15) is 5.26 Å². The van der Waals surface area contributed by atoms with Gasteiger partial charge in [-0.05, 0) is 5.56 Å². The third-order valence-corrected chi connectivity index (χ3v) is 1.68. The van der Waals surface area contributed by atoms with E-state index in [-0.39, 0.29) is 17.7 Å². The van der Waals surface area contributed by atoms with Gasteiger partial charge < -0.3 is 9.72 Å². The average molecular weight is 192 g/mol. The second-order valence-corrected chi connectivity index (χ2v) is 2.59. The van der Waals surface area contributed by atoms with E-state index in [9.17, 15) is 9.59 Å². The molecule has 1 heterocycles. The molecule has 0 fully saturated rings. The molecule has 0 saturated heterocycles. The predicted octanol–water partition coefficient (Wildman–Crippen LogP) is -0.0379. The smallest absolute Gasteiger partial charge is 0.310 e. The molecule has 0 aliphatic rings. The van der Waals surface area contributed by atoms with E-state index in [0.29, 0.717) is 5.56 Å². The number of nitrogens with zero attached hydrogens (tertiary/aromatic N) is 1. The van der Waals surface area contributed by atoms with Gasteiger partial charge in [0.05, 0.1) is 13.5 Å².